The average molecular weight is 418 g/mol. The number of furan rings is 1. The molecule has 0 aliphatic carbocycles. The second-order valence-corrected chi connectivity index (χ2v) is 9.57. The highest BCUT2D eigenvalue weighted by Gasteiger charge is 2.23. The molecule has 1 amide bonds. The maximum absolute atomic E-state index is 12.7. The largest absolute Gasteiger partial charge is 0.448 e. The third-order valence-corrected chi connectivity index (χ3v) is 6.08. The molecule has 0 unspecified atom stereocenters. The Bertz CT molecular complexity index is 1220. The van der Waals surface area contributed by atoms with Crippen LogP contribution in [0.3, 0.4) is 0 Å². The van der Waals surface area contributed by atoms with E-state index >= 15 is 0 Å². The van der Waals surface area contributed by atoms with Crippen LogP contribution in [0, 0.1) is 0 Å². The summed E-state index contributed by atoms with van der Waals surface area (Å²) in [6, 6.07) is 7.29. The summed E-state index contributed by atoms with van der Waals surface area (Å²) in [5.41, 5.74) is 0.841. The molecule has 3 aromatic rings. The molecule has 154 valence electrons. The number of piperazine rings is 1. The smallest absolute Gasteiger partial charge is 0.297 e. The first-order valence-corrected chi connectivity index (χ1v) is 11.4. The molecule has 0 spiro atoms. The molecule has 29 heavy (non-hydrogen) atoms. The van der Waals surface area contributed by atoms with Gasteiger partial charge in [0.1, 0.15) is 27.5 Å². The van der Waals surface area contributed by atoms with Crippen molar-refractivity contribution >= 4 is 37.8 Å². The van der Waals surface area contributed by atoms with Crippen molar-refractivity contribution in [3.63, 3.8) is 0 Å². The Kier molecular flexibility index (Phi) is 5.13. The van der Waals surface area contributed by atoms with Crippen molar-refractivity contribution in [2.75, 3.05) is 44.7 Å². The van der Waals surface area contributed by atoms with Gasteiger partial charge in [0.2, 0.25) is 11.5 Å². The summed E-state index contributed by atoms with van der Waals surface area (Å²) in [5, 5.41) is 0.767. The third kappa shape index (κ3) is 4.18. The summed E-state index contributed by atoms with van der Waals surface area (Å²) in [5.74, 6) is -0.0633. The normalized spacial score (nSPS) is 16.0. The van der Waals surface area contributed by atoms with Crippen LogP contribution in [0.4, 0.5) is 0 Å². The van der Waals surface area contributed by atoms with E-state index < -0.39 is 9.84 Å². The zero-order valence-electron chi connectivity index (χ0n) is 16.1. The van der Waals surface area contributed by atoms with Gasteiger partial charge in [0.25, 0.3) is 5.56 Å². The minimum atomic E-state index is -3.00. The van der Waals surface area contributed by atoms with E-state index in [1.54, 1.807) is 11.0 Å². The molecule has 2 aromatic heterocycles. The highest BCUT2D eigenvalue weighted by Crippen LogP contribution is 2.24. The fourth-order valence-corrected chi connectivity index (χ4v) is 4.08. The number of fused-ring (bicyclic) bond motifs is 3. The maximum Gasteiger partial charge on any atom is 0.297 e. The molecule has 0 atom stereocenters. The van der Waals surface area contributed by atoms with Gasteiger partial charge in [0.15, 0.2) is 0 Å². The summed E-state index contributed by atoms with van der Waals surface area (Å²) in [6.45, 7) is 2.57. The molecule has 1 saturated heterocycles. The van der Waals surface area contributed by atoms with E-state index in [-0.39, 0.29) is 29.3 Å². The number of carbonyl (C=O) groups excluding carboxylic acids is 1. The standard InChI is InChI=1S/C19H22N4O5S/c1-29(26,27)11-10-21-6-8-22(9-7-21)16(24)12-23-13-20-17-14-4-2-3-5-15(14)28-18(17)19(23)25/h2-5,13H,6-12H2,1H3. The lowest BCUT2D eigenvalue weighted by Gasteiger charge is -2.34. The van der Waals surface area contributed by atoms with Crippen molar-refractivity contribution in [3.8, 4) is 0 Å². The lowest BCUT2D eigenvalue weighted by atomic mass is 10.2. The summed E-state index contributed by atoms with van der Waals surface area (Å²) >= 11 is 0. The molecule has 3 heterocycles. The van der Waals surface area contributed by atoms with E-state index in [0.717, 1.165) is 5.39 Å². The van der Waals surface area contributed by atoms with Crippen LogP contribution in [0.5, 0.6) is 0 Å². The van der Waals surface area contributed by atoms with E-state index in [2.05, 4.69) is 4.98 Å². The molecule has 1 aromatic carbocycles. The Balaban J connectivity index is 1.44. The van der Waals surface area contributed by atoms with Gasteiger partial charge in [-0.25, -0.2) is 13.4 Å². The molecule has 0 N–H and O–H groups in total. The molecule has 0 radical (unpaired) electrons. The van der Waals surface area contributed by atoms with E-state index in [9.17, 15) is 18.0 Å². The van der Waals surface area contributed by atoms with Crippen molar-refractivity contribution in [2.24, 2.45) is 0 Å². The number of rotatable bonds is 5. The van der Waals surface area contributed by atoms with Crippen molar-refractivity contribution in [3.05, 3.63) is 40.9 Å². The van der Waals surface area contributed by atoms with E-state index in [4.69, 9.17) is 4.42 Å². The Morgan fingerprint density at radius 2 is 1.90 bits per heavy atom. The molecule has 0 bridgehead atoms. The minimum Gasteiger partial charge on any atom is -0.448 e. The van der Waals surface area contributed by atoms with Crippen molar-refractivity contribution in [1.82, 2.24) is 19.4 Å². The highest BCUT2D eigenvalue weighted by molar-refractivity contribution is 7.90. The van der Waals surface area contributed by atoms with Gasteiger partial charge in [-0.3, -0.25) is 19.1 Å². The molecule has 10 heteroatoms. The zero-order valence-corrected chi connectivity index (χ0v) is 16.9. The molecule has 1 aliphatic rings. The van der Waals surface area contributed by atoms with Crippen LogP contribution in [0.2, 0.25) is 0 Å². The van der Waals surface area contributed by atoms with E-state index in [1.165, 1.54) is 17.2 Å². The van der Waals surface area contributed by atoms with Crippen LogP contribution in [0.15, 0.2) is 39.8 Å². The van der Waals surface area contributed by atoms with Crippen LogP contribution in [-0.4, -0.2) is 78.4 Å². The number of aromatic nitrogens is 2. The number of hydrogen-bond donors (Lipinski definition) is 0. The van der Waals surface area contributed by atoms with Crippen molar-refractivity contribution in [2.45, 2.75) is 6.54 Å². The van der Waals surface area contributed by atoms with E-state index in [1.807, 2.05) is 23.1 Å². The van der Waals surface area contributed by atoms with Gasteiger partial charge in [-0.05, 0) is 12.1 Å². The van der Waals surface area contributed by atoms with Crippen LogP contribution in [-0.2, 0) is 21.2 Å². The molecular weight excluding hydrogens is 396 g/mol. The first kappa shape index (κ1) is 19.6. The Morgan fingerprint density at radius 3 is 2.62 bits per heavy atom. The fraction of sp³-hybridized carbons (Fsp3) is 0.421. The van der Waals surface area contributed by atoms with Gasteiger partial charge in [0, 0.05) is 44.4 Å². The summed E-state index contributed by atoms with van der Waals surface area (Å²) < 4.78 is 29.5. The number of hydrogen-bond acceptors (Lipinski definition) is 7. The van der Waals surface area contributed by atoms with Gasteiger partial charge < -0.3 is 9.32 Å². The molecule has 1 fully saturated rings. The van der Waals surface area contributed by atoms with Gasteiger partial charge in [0.05, 0.1) is 12.1 Å². The second-order valence-electron chi connectivity index (χ2n) is 7.31. The highest BCUT2D eigenvalue weighted by atomic mass is 32.2. The van der Waals surface area contributed by atoms with Crippen molar-refractivity contribution in [1.29, 1.82) is 0 Å². The van der Waals surface area contributed by atoms with Gasteiger partial charge in [-0.15, -0.1) is 0 Å². The third-order valence-electron chi connectivity index (χ3n) is 5.16. The van der Waals surface area contributed by atoms with Crippen LogP contribution in [0.25, 0.3) is 22.1 Å². The Hall–Kier alpha value is -2.72. The Labute approximate surface area is 167 Å². The quantitative estimate of drug-likeness (QED) is 0.588. The molecular formula is C19H22N4O5S. The molecule has 9 nitrogen and oxygen atoms in total. The van der Waals surface area contributed by atoms with Gasteiger partial charge >= 0.3 is 0 Å². The summed E-state index contributed by atoms with van der Waals surface area (Å²) in [7, 11) is -3.00. The van der Waals surface area contributed by atoms with Gasteiger partial charge in [-0.2, -0.15) is 0 Å². The number of para-hydroxylation sites is 1. The molecule has 0 saturated carbocycles. The van der Waals surface area contributed by atoms with Crippen LogP contribution >= 0.6 is 0 Å². The average Bonchev–Trinajstić information content (AvgIpc) is 3.08. The number of amides is 1. The summed E-state index contributed by atoms with van der Waals surface area (Å²) in [6.07, 6.45) is 2.60. The predicted octanol–water partition coefficient (Wildman–Crippen LogP) is 0.332. The summed E-state index contributed by atoms with van der Waals surface area (Å²) in [4.78, 5) is 33.4. The van der Waals surface area contributed by atoms with Gasteiger partial charge in [-0.1, -0.05) is 12.1 Å². The number of carbonyl (C=O) groups is 1. The number of benzene rings is 1. The van der Waals surface area contributed by atoms with Crippen LogP contribution in [0.1, 0.15) is 0 Å². The van der Waals surface area contributed by atoms with Crippen LogP contribution < -0.4 is 5.56 Å². The lowest BCUT2D eigenvalue weighted by Crippen LogP contribution is -2.50. The molecule has 1 aliphatic heterocycles. The molecule has 4 rings (SSSR count). The maximum atomic E-state index is 12.7. The Morgan fingerprint density at radius 1 is 1.17 bits per heavy atom. The van der Waals surface area contributed by atoms with E-state index in [0.29, 0.717) is 43.8 Å². The lowest BCUT2D eigenvalue weighted by molar-refractivity contribution is -0.133. The topological polar surface area (TPSA) is 106 Å². The fourth-order valence-electron chi connectivity index (χ4n) is 3.49. The minimum absolute atomic E-state index is 0.109. The van der Waals surface area contributed by atoms with Crippen molar-refractivity contribution < 1.29 is 17.6 Å². The SMILES string of the molecule is CS(=O)(=O)CCN1CCN(C(=O)Cn2cnc3c(oc4ccccc43)c2=O)CC1. The monoisotopic (exact) mass is 418 g/mol. The predicted molar refractivity (Wildman–Crippen MR) is 109 cm³/mol. The first-order chi connectivity index (χ1) is 13.8. The number of nitrogens with zero attached hydrogens (tertiary/aromatic N) is 4. The number of sulfone groups is 1. The second kappa shape index (κ2) is 7.60. The zero-order chi connectivity index (χ0) is 20.6. The first-order valence-electron chi connectivity index (χ1n) is 9.36.